The van der Waals surface area contributed by atoms with Crippen LogP contribution in [0.4, 0.5) is 5.69 Å². The van der Waals surface area contributed by atoms with Crippen LogP contribution in [0.5, 0.6) is 0 Å². The van der Waals surface area contributed by atoms with E-state index in [2.05, 4.69) is 32.9 Å². The third kappa shape index (κ3) is 4.11. The number of oxime groups is 1. The van der Waals surface area contributed by atoms with Crippen LogP contribution in [0, 0.1) is 0 Å². The summed E-state index contributed by atoms with van der Waals surface area (Å²) in [4.78, 5) is 2.25. The van der Waals surface area contributed by atoms with Crippen LogP contribution in [0.3, 0.4) is 0 Å². The van der Waals surface area contributed by atoms with Crippen molar-refractivity contribution < 1.29 is 9.94 Å². The molecular weight excluding hydrogens is 334 g/mol. The molecule has 0 radical (unpaired) electrons. The molecule has 1 fully saturated rings. The Kier molecular flexibility index (Phi) is 5.87. The van der Waals surface area contributed by atoms with Crippen molar-refractivity contribution in [3.63, 3.8) is 0 Å². The van der Waals surface area contributed by atoms with Gasteiger partial charge in [0.05, 0.1) is 6.10 Å². The highest BCUT2D eigenvalue weighted by Gasteiger charge is 2.23. The zero-order valence-electron chi connectivity index (χ0n) is 12.3. The maximum atomic E-state index is 8.96. The molecule has 1 unspecified atom stereocenters. The van der Waals surface area contributed by atoms with Crippen LogP contribution in [0.15, 0.2) is 27.8 Å². The highest BCUT2D eigenvalue weighted by molar-refractivity contribution is 9.10. The van der Waals surface area contributed by atoms with Gasteiger partial charge in [0.15, 0.2) is 5.84 Å². The molecule has 1 aromatic rings. The normalized spacial score (nSPS) is 19.8. The summed E-state index contributed by atoms with van der Waals surface area (Å²) in [5.74, 6) is 0.133. The molecule has 1 aliphatic heterocycles. The Morgan fingerprint density at radius 1 is 1.57 bits per heavy atom. The number of amidine groups is 1. The smallest absolute Gasteiger partial charge is 0.172 e. The molecule has 6 heteroatoms. The minimum absolute atomic E-state index is 0.133. The molecule has 116 valence electrons. The van der Waals surface area contributed by atoms with E-state index in [4.69, 9.17) is 15.7 Å². The fourth-order valence-corrected chi connectivity index (χ4v) is 2.96. The molecule has 1 heterocycles. The molecule has 0 spiro atoms. The predicted molar refractivity (Wildman–Crippen MR) is 88.1 cm³/mol. The second kappa shape index (κ2) is 7.66. The Hall–Kier alpha value is -1.27. The quantitative estimate of drug-likeness (QED) is 0.368. The molecule has 0 saturated carbocycles. The fraction of sp³-hybridized carbons (Fsp3) is 0.533. The number of benzene rings is 1. The lowest BCUT2D eigenvalue weighted by Gasteiger charge is -2.35. The van der Waals surface area contributed by atoms with Gasteiger partial charge in [0.1, 0.15) is 0 Å². The van der Waals surface area contributed by atoms with Gasteiger partial charge in [0.2, 0.25) is 0 Å². The first kappa shape index (κ1) is 16.1. The lowest BCUT2D eigenvalue weighted by atomic mass is 10.0. The van der Waals surface area contributed by atoms with Crippen molar-refractivity contribution >= 4 is 27.5 Å². The summed E-state index contributed by atoms with van der Waals surface area (Å²) >= 11 is 3.49. The second-order valence-corrected chi connectivity index (χ2v) is 6.14. The third-order valence-corrected chi connectivity index (χ3v) is 4.11. The minimum Gasteiger partial charge on any atom is -0.409 e. The topological polar surface area (TPSA) is 71.1 Å². The standard InChI is InChI=1S/C15H22BrN3O2/c1-2-8-21-12-4-3-7-19(10-12)14-9-11(16)5-6-13(14)15(17)18-20/h5-6,9,12,20H,2-4,7-8,10H2,1H3,(H2,17,18). The lowest BCUT2D eigenvalue weighted by Crippen LogP contribution is -2.40. The monoisotopic (exact) mass is 355 g/mol. The molecule has 0 aromatic heterocycles. The summed E-state index contributed by atoms with van der Waals surface area (Å²) < 4.78 is 6.85. The number of ether oxygens (including phenoxy) is 1. The van der Waals surface area contributed by atoms with Gasteiger partial charge in [-0.1, -0.05) is 28.0 Å². The molecule has 0 aliphatic carbocycles. The van der Waals surface area contributed by atoms with Crippen molar-refractivity contribution in [2.75, 3.05) is 24.6 Å². The summed E-state index contributed by atoms with van der Waals surface area (Å²) in [6, 6.07) is 5.77. The van der Waals surface area contributed by atoms with Crippen LogP contribution in [0.25, 0.3) is 0 Å². The summed E-state index contributed by atoms with van der Waals surface area (Å²) in [6.07, 6.45) is 3.45. The third-order valence-electron chi connectivity index (χ3n) is 3.62. The molecule has 1 saturated heterocycles. The first-order valence-corrected chi connectivity index (χ1v) is 8.09. The molecule has 1 atom stereocenters. The van der Waals surface area contributed by atoms with Gasteiger partial charge in [-0.2, -0.15) is 0 Å². The van der Waals surface area contributed by atoms with Gasteiger partial charge in [-0.3, -0.25) is 0 Å². The first-order valence-electron chi connectivity index (χ1n) is 7.29. The van der Waals surface area contributed by atoms with E-state index in [0.29, 0.717) is 0 Å². The van der Waals surface area contributed by atoms with Crippen LogP contribution in [-0.4, -0.2) is 36.8 Å². The number of piperidine rings is 1. The van der Waals surface area contributed by atoms with E-state index in [0.717, 1.165) is 54.7 Å². The van der Waals surface area contributed by atoms with Crippen LogP contribution < -0.4 is 10.6 Å². The zero-order chi connectivity index (χ0) is 15.2. The maximum absolute atomic E-state index is 8.96. The van der Waals surface area contributed by atoms with Crippen LogP contribution in [0.1, 0.15) is 31.7 Å². The van der Waals surface area contributed by atoms with E-state index in [1.165, 1.54) is 0 Å². The minimum atomic E-state index is 0.133. The van der Waals surface area contributed by atoms with E-state index >= 15 is 0 Å². The second-order valence-electron chi connectivity index (χ2n) is 5.23. The van der Waals surface area contributed by atoms with E-state index in [-0.39, 0.29) is 11.9 Å². The van der Waals surface area contributed by atoms with Gasteiger partial charge < -0.3 is 20.6 Å². The van der Waals surface area contributed by atoms with Crippen LogP contribution in [-0.2, 0) is 4.74 Å². The average molecular weight is 356 g/mol. The molecule has 21 heavy (non-hydrogen) atoms. The Bertz CT molecular complexity index is 508. The van der Waals surface area contributed by atoms with Crippen molar-refractivity contribution in [1.29, 1.82) is 0 Å². The predicted octanol–water partition coefficient (Wildman–Crippen LogP) is 2.94. The number of rotatable bonds is 5. The molecule has 1 aliphatic rings. The van der Waals surface area contributed by atoms with Gasteiger partial charge in [0, 0.05) is 35.4 Å². The summed E-state index contributed by atoms with van der Waals surface area (Å²) in [5.41, 5.74) is 7.52. The molecule has 1 aromatic carbocycles. The fourth-order valence-electron chi connectivity index (χ4n) is 2.61. The number of hydrogen-bond acceptors (Lipinski definition) is 4. The van der Waals surface area contributed by atoms with Crippen molar-refractivity contribution in [3.8, 4) is 0 Å². The maximum Gasteiger partial charge on any atom is 0.172 e. The highest BCUT2D eigenvalue weighted by Crippen LogP contribution is 2.28. The summed E-state index contributed by atoms with van der Waals surface area (Å²) in [5, 5.41) is 12.1. The van der Waals surface area contributed by atoms with E-state index < -0.39 is 0 Å². The van der Waals surface area contributed by atoms with Crippen molar-refractivity contribution in [1.82, 2.24) is 0 Å². The highest BCUT2D eigenvalue weighted by atomic mass is 79.9. The molecular formula is C15H22BrN3O2. The number of hydrogen-bond donors (Lipinski definition) is 2. The zero-order valence-corrected chi connectivity index (χ0v) is 13.8. The largest absolute Gasteiger partial charge is 0.409 e. The van der Waals surface area contributed by atoms with Crippen LogP contribution >= 0.6 is 15.9 Å². The van der Waals surface area contributed by atoms with Crippen LogP contribution in [0.2, 0.25) is 0 Å². The lowest BCUT2D eigenvalue weighted by molar-refractivity contribution is 0.0440. The average Bonchev–Trinajstić information content (AvgIpc) is 2.52. The van der Waals surface area contributed by atoms with E-state index in [1.807, 2.05) is 18.2 Å². The summed E-state index contributed by atoms with van der Waals surface area (Å²) in [6.45, 7) is 4.70. The molecule has 3 N–H and O–H groups in total. The number of nitrogens with zero attached hydrogens (tertiary/aromatic N) is 2. The van der Waals surface area contributed by atoms with Crippen molar-refractivity contribution in [3.05, 3.63) is 28.2 Å². The van der Waals surface area contributed by atoms with Gasteiger partial charge in [0.25, 0.3) is 0 Å². The van der Waals surface area contributed by atoms with E-state index in [1.54, 1.807) is 0 Å². The SMILES string of the molecule is CCCOC1CCCN(c2cc(Br)ccc2/C(N)=N/O)C1. The number of halogens is 1. The molecule has 0 bridgehead atoms. The van der Waals surface area contributed by atoms with Crippen molar-refractivity contribution in [2.24, 2.45) is 10.9 Å². The van der Waals surface area contributed by atoms with Crippen molar-refractivity contribution in [2.45, 2.75) is 32.3 Å². The van der Waals surface area contributed by atoms with Gasteiger partial charge in [-0.05, 0) is 37.5 Å². The Labute approximate surface area is 133 Å². The molecule has 5 nitrogen and oxygen atoms in total. The molecule has 2 rings (SSSR count). The Balaban J connectivity index is 2.21. The van der Waals surface area contributed by atoms with Gasteiger partial charge >= 0.3 is 0 Å². The number of anilines is 1. The number of nitrogens with two attached hydrogens (primary N) is 1. The van der Waals surface area contributed by atoms with E-state index in [9.17, 15) is 0 Å². The Morgan fingerprint density at radius 3 is 3.10 bits per heavy atom. The molecule has 0 amide bonds. The van der Waals surface area contributed by atoms with Gasteiger partial charge in [-0.25, -0.2) is 0 Å². The Morgan fingerprint density at radius 2 is 2.38 bits per heavy atom. The first-order chi connectivity index (χ1) is 10.2. The van der Waals surface area contributed by atoms with Gasteiger partial charge in [-0.15, -0.1) is 0 Å². The summed E-state index contributed by atoms with van der Waals surface area (Å²) in [7, 11) is 0.